The molecular weight excluding hydrogens is 542 g/mol. The number of hydrogen-bond donors (Lipinski definition) is 1. The van der Waals surface area contributed by atoms with Gasteiger partial charge in [0, 0.05) is 17.9 Å². The molecule has 2 rings (SSSR count). The van der Waals surface area contributed by atoms with E-state index >= 15 is 0 Å². The zero-order valence-electron chi connectivity index (χ0n) is 9.70. The third-order valence-corrected chi connectivity index (χ3v) is 6.38. The molecule has 0 heterocycles. The Hall–Kier alpha value is 0.110. The molecule has 0 aliphatic rings. The zero-order chi connectivity index (χ0) is 14.9. The van der Waals surface area contributed by atoms with E-state index in [1.807, 2.05) is 6.07 Å². The SMILES string of the molecule is O=S(=O)(Nc1cc(Br)ccc1Br)c1ccc(Br)cc1Br. The van der Waals surface area contributed by atoms with Crippen LogP contribution in [-0.2, 0) is 10.0 Å². The van der Waals surface area contributed by atoms with E-state index in [0.29, 0.717) is 14.6 Å². The Morgan fingerprint density at radius 2 is 1.40 bits per heavy atom. The van der Waals surface area contributed by atoms with Gasteiger partial charge in [-0.25, -0.2) is 8.42 Å². The number of nitrogens with one attached hydrogen (secondary N) is 1. The highest BCUT2D eigenvalue weighted by atomic mass is 79.9. The van der Waals surface area contributed by atoms with Gasteiger partial charge in [0.05, 0.1) is 5.69 Å². The minimum atomic E-state index is -3.67. The summed E-state index contributed by atoms with van der Waals surface area (Å²) >= 11 is 13.2. The Kier molecular flexibility index (Phi) is 5.34. The Bertz CT molecular complexity index is 762. The molecule has 0 unspecified atom stereocenters. The van der Waals surface area contributed by atoms with Crippen molar-refractivity contribution in [2.75, 3.05) is 4.72 Å². The fraction of sp³-hybridized carbons (Fsp3) is 0. The first-order valence-electron chi connectivity index (χ1n) is 5.22. The Balaban J connectivity index is 2.43. The van der Waals surface area contributed by atoms with Crippen LogP contribution in [0.1, 0.15) is 0 Å². The molecule has 0 bridgehead atoms. The van der Waals surface area contributed by atoms with Crippen molar-refractivity contribution in [2.45, 2.75) is 4.90 Å². The Labute approximate surface area is 150 Å². The number of rotatable bonds is 3. The van der Waals surface area contributed by atoms with Crippen molar-refractivity contribution in [3.63, 3.8) is 0 Å². The van der Waals surface area contributed by atoms with Gasteiger partial charge < -0.3 is 0 Å². The van der Waals surface area contributed by atoms with E-state index in [2.05, 4.69) is 68.4 Å². The summed E-state index contributed by atoms with van der Waals surface area (Å²) in [4.78, 5) is 0.174. The fourth-order valence-electron chi connectivity index (χ4n) is 1.47. The third kappa shape index (κ3) is 3.85. The van der Waals surface area contributed by atoms with Gasteiger partial charge in [-0.05, 0) is 68.3 Å². The van der Waals surface area contributed by atoms with Crippen molar-refractivity contribution in [3.8, 4) is 0 Å². The molecule has 0 fully saturated rings. The Morgan fingerprint density at radius 3 is 2.05 bits per heavy atom. The Morgan fingerprint density at radius 1 is 0.800 bits per heavy atom. The van der Waals surface area contributed by atoms with Crippen LogP contribution in [0, 0.1) is 0 Å². The fourth-order valence-corrected chi connectivity index (χ4v) is 5.12. The van der Waals surface area contributed by atoms with Crippen molar-refractivity contribution in [1.82, 2.24) is 0 Å². The maximum Gasteiger partial charge on any atom is 0.263 e. The number of benzene rings is 2. The third-order valence-electron chi connectivity index (χ3n) is 2.36. The van der Waals surface area contributed by atoms with E-state index in [-0.39, 0.29) is 4.90 Å². The lowest BCUT2D eigenvalue weighted by molar-refractivity contribution is 0.600. The summed E-state index contributed by atoms with van der Waals surface area (Å²) in [5.74, 6) is 0. The smallest absolute Gasteiger partial charge is 0.263 e. The molecule has 0 aliphatic carbocycles. The van der Waals surface area contributed by atoms with Crippen LogP contribution in [0.4, 0.5) is 5.69 Å². The average molecular weight is 549 g/mol. The van der Waals surface area contributed by atoms with Gasteiger partial charge >= 0.3 is 0 Å². The van der Waals surface area contributed by atoms with Gasteiger partial charge in [0.2, 0.25) is 0 Å². The first-order valence-corrected chi connectivity index (χ1v) is 9.88. The average Bonchev–Trinajstić information content (AvgIpc) is 2.33. The largest absolute Gasteiger partial charge is 0.278 e. The summed E-state index contributed by atoms with van der Waals surface area (Å²) < 4.78 is 30.1. The molecule has 1 N–H and O–H groups in total. The molecule has 106 valence electrons. The second-order valence-electron chi connectivity index (χ2n) is 3.80. The van der Waals surface area contributed by atoms with Crippen LogP contribution in [0.3, 0.4) is 0 Å². The summed E-state index contributed by atoms with van der Waals surface area (Å²) in [5, 5.41) is 0. The first kappa shape index (κ1) is 16.5. The van der Waals surface area contributed by atoms with E-state index in [9.17, 15) is 8.42 Å². The molecule has 0 aromatic heterocycles. The quantitative estimate of drug-likeness (QED) is 0.548. The lowest BCUT2D eigenvalue weighted by Gasteiger charge is -2.11. The summed E-state index contributed by atoms with van der Waals surface area (Å²) in [6, 6.07) is 10.2. The van der Waals surface area contributed by atoms with Gasteiger partial charge in [-0.2, -0.15) is 0 Å². The summed E-state index contributed by atoms with van der Waals surface area (Å²) in [6.07, 6.45) is 0. The van der Waals surface area contributed by atoms with Crippen molar-refractivity contribution in [3.05, 3.63) is 54.3 Å². The lowest BCUT2D eigenvalue weighted by atomic mass is 10.3. The summed E-state index contributed by atoms with van der Waals surface area (Å²) in [7, 11) is -3.67. The second kappa shape index (κ2) is 6.48. The van der Waals surface area contributed by atoms with Crippen LogP contribution in [0.15, 0.2) is 59.2 Å². The molecule has 0 spiro atoms. The van der Waals surface area contributed by atoms with Crippen LogP contribution in [0.25, 0.3) is 0 Å². The summed E-state index contributed by atoms with van der Waals surface area (Å²) in [6.45, 7) is 0. The monoisotopic (exact) mass is 545 g/mol. The van der Waals surface area contributed by atoms with Crippen LogP contribution >= 0.6 is 63.7 Å². The number of anilines is 1. The molecular formula is C12H7Br4NO2S. The molecule has 0 atom stereocenters. The highest BCUT2D eigenvalue weighted by Crippen LogP contribution is 2.31. The molecule has 2 aromatic rings. The number of sulfonamides is 1. The molecule has 3 nitrogen and oxygen atoms in total. The predicted octanol–water partition coefficient (Wildman–Crippen LogP) is 5.54. The maximum absolute atomic E-state index is 12.4. The molecule has 0 saturated carbocycles. The van der Waals surface area contributed by atoms with Gasteiger partial charge in [0.25, 0.3) is 10.0 Å². The zero-order valence-corrected chi connectivity index (χ0v) is 16.9. The summed E-state index contributed by atoms with van der Waals surface area (Å²) in [5.41, 5.74) is 0.467. The molecule has 0 saturated heterocycles. The van der Waals surface area contributed by atoms with E-state index < -0.39 is 10.0 Å². The minimum absolute atomic E-state index is 0.174. The highest BCUT2D eigenvalue weighted by molar-refractivity contribution is 9.11. The van der Waals surface area contributed by atoms with Gasteiger partial charge in [-0.3, -0.25) is 4.72 Å². The van der Waals surface area contributed by atoms with Crippen molar-refractivity contribution < 1.29 is 8.42 Å². The standard InChI is InChI=1S/C12H7Br4NO2S/c13-7-2-4-12(10(16)5-7)20(18,19)17-11-6-8(14)1-3-9(11)15/h1-6,17H. The minimum Gasteiger partial charge on any atom is -0.278 e. The van der Waals surface area contributed by atoms with E-state index in [1.54, 1.807) is 24.3 Å². The number of hydrogen-bond acceptors (Lipinski definition) is 2. The van der Waals surface area contributed by atoms with Gasteiger partial charge in [0.1, 0.15) is 4.90 Å². The van der Waals surface area contributed by atoms with Crippen LogP contribution in [0.5, 0.6) is 0 Å². The lowest BCUT2D eigenvalue weighted by Crippen LogP contribution is -2.14. The molecule has 2 aromatic carbocycles. The predicted molar refractivity (Wildman–Crippen MR) is 94.5 cm³/mol. The van der Waals surface area contributed by atoms with Gasteiger partial charge in [-0.15, -0.1) is 0 Å². The van der Waals surface area contributed by atoms with Gasteiger partial charge in [-0.1, -0.05) is 31.9 Å². The van der Waals surface area contributed by atoms with Crippen molar-refractivity contribution in [2.24, 2.45) is 0 Å². The normalized spacial score (nSPS) is 11.4. The molecule has 0 amide bonds. The van der Waals surface area contributed by atoms with Crippen molar-refractivity contribution >= 4 is 79.4 Å². The van der Waals surface area contributed by atoms with Gasteiger partial charge in [0.15, 0.2) is 0 Å². The van der Waals surface area contributed by atoms with Crippen molar-refractivity contribution in [1.29, 1.82) is 0 Å². The second-order valence-corrected chi connectivity index (χ2v) is 9.00. The molecule has 0 aliphatic heterocycles. The molecule has 8 heteroatoms. The van der Waals surface area contributed by atoms with E-state index in [1.165, 1.54) is 6.07 Å². The van der Waals surface area contributed by atoms with E-state index in [0.717, 1.165) is 8.95 Å². The van der Waals surface area contributed by atoms with Crippen LogP contribution < -0.4 is 4.72 Å². The molecule has 0 radical (unpaired) electrons. The first-order chi connectivity index (χ1) is 9.29. The maximum atomic E-state index is 12.4. The molecule has 20 heavy (non-hydrogen) atoms. The number of halogens is 4. The highest BCUT2D eigenvalue weighted by Gasteiger charge is 2.19. The van der Waals surface area contributed by atoms with Crippen LogP contribution in [0.2, 0.25) is 0 Å². The van der Waals surface area contributed by atoms with E-state index in [4.69, 9.17) is 0 Å². The van der Waals surface area contributed by atoms with Crippen LogP contribution in [-0.4, -0.2) is 8.42 Å². The topological polar surface area (TPSA) is 46.2 Å².